The maximum atomic E-state index is 12.9. The van der Waals surface area contributed by atoms with Crippen molar-refractivity contribution < 1.29 is 4.39 Å². The minimum absolute atomic E-state index is 0.227. The van der Waals surface area contributed by atoms with E-state index in [1.165, 1.54) is 12.1 Å². The Morgan fingerprint density at radius 3 is 2.92 bits per heavy atom. The summed E-state index contributed by atoms with van der Waals surface area (Å²) in [6.45, 7) is 2.00. The van der Waals surface area contributed by atoms with Crippen molar-refractivity contribution in [2.24, 2.45) is 0 Å². The molecule has 0 radical (unpaired) electrons. The Bertz CT molecular complexity index is 426. The van der Waals surface area contributed by atoms with Gasteiger partial charge in [-0.1, -0.05) is 19.1 Å². The normalized spacial score (nSPS) is 19.2. The van der Waals surface area contributed by atoms with Gasteiger partial charge in [0.15, 0.2) is 0 Å². The number of nitriles is 1. The van der Waals surface area contributed by atoms with E-state index >= 15 is 0 Å². The van der Waals surface area contributed by atoms with E-state index < -0.39 is 0 Å². The molecule has 0 spiro atoms. The second-order valence-electron chi connectivity index (χ2n) is 3.21. The standard InChI is InChI=1S/C11H8FN/c1-7-4-8(6-13)11-5-9(12)2-3-10(7)11/h2-5,7H,1H3. The number of fused-ring (bicyclic) bond motifs is 1. The van der Waals surface area contributed by atoms with E-state index in [1.807, 2.05) is 13.0 Å². The Morgan fingerprint density at radius 2 is 2.23 bits per heavy atom. The van der Waals surface area contributed by atoms with Gasteiger partial charge in [-0.05, 0) is 23.3 Å². The first-order valence-electron chi connectivity index (χ1n) is 4.14. The van der Waals surface area contributed by atoms with Gasteiger partial charge in [-0.2, -0.15) is 5.26 Å². The molecule has 0 aromatic heterocycles. The highest BCUT2D eigenvalue weighted by atomic mass is 19.1. The summed E-state index contributed by atoms with van der Waals surface area (Å²) in [6, 6.07) is 6.68. The third-order valence-electron chi connectivity index (χ3n) is 2.33. The van der Waals surface area contributed by atoms with E-state index in [0.717, 1.165) is 11.1 Å². The molecule has 0 bridgehead atoms. The Morgan fingerprint density at radius 1 is 1.46 bits per heavy atom. The van der Waals surface area contributed by atoms with Crippen molar-refractivity contribution in [3.63, 3.8) is 0 Å². The first kappa shape index (κ1) is 8.00. The molecule has 64 valence electrons. The van der Waals surface area contributed by atoms with Crippen molar-refractivity contribution in [2.75, 3.05) is 0 Å². The van der Waals surface area contributed by atoms with E-state index in [4.69, 9.17) is 5.26 Å². The van der Waals surface area contributed by atoms with Crippen LogP contribution in [-0.2, 0) is 0 Å². The van der Waals surface area contributed by atoms with Crippen molar-refractivity contribution in [1.29, 1.82) is 5.26 Å². The van der Waals surface area contributed by atoms with E-state index in [9.17, 15) is 4.39 Å². The monoisotopic (exact) mass is 173 g/mol. The molecule has 0 fully saturated rings. The lowest BCUT2D eigenvalue weighted by Gasteiger charge is -2.03. The molecular weight excluding hydrogens is 165 g/mol. The van der Waals surface area contributed by atoms with E-state index in [1.54, 1.807) is 6.07 Å². The van der Waals surface area contributed by atoms with E-state index in [-0.39, 0.29) is 11.7 Å². The molecular formula is C11H8FN. The molecule has 0 saturated heterocycles. The fourth-order valence-corrected chi connectivity index (χ4v) is 1.69. The molecule has 2 heteroatoms. The van der Waals surface area contributed by atoms with Crippen LogP contribution in [0.1, 0.15) is 24.0 Å². The van der Waals surface area contributed by atoms with Crippen LogP contribution in [0.3, 0.4) is 0 Å². The van der Waals surface area contributed by atoms with Gasteiger partial charge in [-0.15, -0.1) is 0 Å². The largest absolute Gasteiger partial charge is 0.207 e. The van der Waals surface area contributed by atoms with Gasteiger partial charge in [0.2, 0.25) is 0 Å². The Kier molecular flexibility index (Phi) is 1.66. The quantitative estimate of drug-likeness (QED) is 0.591. The highest BCUT2D eigenvalue weighted by Crippen LogP contribution is 2.35. The lowest BCUT2D eigenvalue weighted by atomic mass is 10.0. The fourth-order valence-electron chi connectivity index (χ4n) is 1.69. The number of hydrogen-bond acceptors (Lipinski definition) is 1. The maximum absolute atomic E-state index is 12.9. The van der Waals surface area contributed by atoms with E-state index in [0.29, 0.717) is 5.57 Å². The molecule has 1 aromatic rings. The average molecular weight is 173 g/mol. The van der Waals surface area contributed by atoms with Gasteiger partial charge in [-0.3, -0.25) is 0 Å². The van der Waals surface area contributed by atoms with Crippen LogP contribution in [0, 0.1) is 17.1 Å². The number of allylic oxidation sites excluding steroid dienone is 2. The molecule has 0 heterocycles. The van der Waals surface area contributed by atoms with Gasteiger partial charge in [-0.25, -0.2) is 4.39 Å². The van der Waals surface area contributed by atoms with Crippen molar-refractivity contribution in [3.05, 3.63) is 41.2 Å². The summed E-state index contributed by atoms with van der Waals surface area (Å²) < 4.78 is 12.9. The number of halogens is 1. The van der Waals surface area contributed by atoms with Crippen molar-refractivity contribution >= 4 is 5.57 Å². The molecule has 13 heavy (non-hydrogen) atoms. The summed E-state index contributed by atoms with van der Waals surface area (Å²) in [6.07, 6.45) is 1.87. The maximum Gasteiger partial charge on any atom is 0.123 e. The lowest BCUT2D eigenvalue weighted by molar-refractivity contribution is 0.626. The zero-order chi connectivity index (χ0) is 9.42. The van der Waals surface area contributed by atoms with Crippen molar-refractivity contribution in [2.45, 2.75) is 12.8 Å². The Balaban J connectivity index is 2.63. The van der Waals surface area contributed by atoms with Crippen LogP contribution < -0.4 is 0 Å². The molecule has 1 nitrogen and oxygen atoms in total. The van der Waals surface area contributed by atoms with Crippen LogP contribution in [-0.4, -0.2) is 0 Å². The molecule has 1 unspecified atom stereocenters. The lowest BCUT2D eigenvalue weighted by Crippen LogP contribution is -1.88. The average Bonchev–Trinajstić information content (AvgIpc) is 2.42. The van der Waals surface area contributed by atoms with Gasteiger partial charge >= 0.3 is 0 Å². The molecule has 1 aromatic carbocycles. The predicted molar refractivity (Wildman–Crippen MR) is 48.4 cm³/mol. The molecule has 1 aliphatic carbocycles. The fraction of sp³-hybridized carbons (Fsp3) is 0.182. The summed E-state index contributed by atoms with van der Waals surface area (Å²) in [4.78, 5) is 0. The second kappa shape index (κ2) is 2.70. The van der Waals surface area contributed by atoms with Crippen molar-refractivity contribution in [3.8, 4) is 6.07 Å². The topological polar surface area (TPSA) is 23.8 Å². The summed E-state index contributed by atoms with van der Waals surface area (Å²) in [5, 5.41) is 8.78. The van der Waals surface area contributed by atoms with Crippen molar-refractivity contribution in [1.82, 2.24) is 0 Å². The predicted octanol–water partition coefficient (Wildman–Crippen LogP) is 2.85. The molecule has 1 atom stereocenters. The van der Waals surface area contributed by atoms with Gasteiger partial charge in [0, 0.05) is 5.92 Å². The Hall–Kier alpha value is -1.62. The number of rotatable bonds is 0. The summed E-state index contributed by atoms with van der Waals surface area (Å²) in [5.74, 6) is -0.0562. The SMILES string of the molecule is CC1C=C(C#N)c2cc(F)ccc21. The van der Waals surface area contributed by atoms with E-state index in [2.05, 4.69) is 6.07 Å². The smallest absolute Gasteiger partial charge is 0.123 e. The minimum Gasteiger partial charge on any atom is -0.207 e. The highest BCUT2D eigenvalue weighted by molar-refractivity contribution is 5.83. The minimum atomic E-state index is -0.283. The highest BCUT2D eigenvalue weighted by Gasteiger charge is 2.19. The first-order chi connectivity index (χ1) is 6.22. The zero-order valence-electron chi connectivity index (χ0n) is 7.21. The van der Waals surface area contributed by atoms with Crippen LogP contribution in [0.25, 0.3) is 5.57 Å². The van der Waals surface area contributed by atoms with Gasteiger partial charge < -0.3 is 0 Å². The van der Waals surface area contributed by atoms with Gasteiger partial charge in [0.1, 0.15) is 5.82 Å². The number of hydrogen-bond donors (Lipinski definition) is 0. The molecule has 0 amide bonds. The Labute approximate surface area is 76.1 Å². The third-order valence-corrected chi connectivity index (χ3v) is 2.33. The summed E-state index contributed by atoms with van der Waals surface area (Å²) in [7, 11) is 0. The van der Waals surface area contributed by atoms with Gasteiger partial charge in [0.05, 0.1) is 11.6 Å². The zero-order valence-corrected chi connectivity index (χ0v) is 7.21. The molecule has 0 saturated carbocycles. The summed E-state index contributed by atoms with van der Waals surface area (Å²) in [5.41, 5.74) is 2.37. The number of nitrogens with zero attached hydrogens (tertiary/aromatic N) is 1. The molecule has 0 N–H and O–H groups in total. The van der Waals surface area contributed by atoms with Crippen LogP contribution in [0.4, 0.5) is 4.39 Å². The third kappa shape index (κ3) is 1.13. The molecule has 2 rings (SSSR count). The van der Waals surface area contributed by atoms with Crippen LogP contribution in [0.15, 0.2) is 24.3 Å². The van der Waals surface area contributed by atoms with Crippen LogP contribution >= 0.6 is 0 Å². The van der Waals surface area contributed by atoms with Crippen LogP contribution in [0.2, 0.25) is 0 Å². The molecule has 1 aliphatic rings. The van der Waals surface area contributed by atoms with Crippen LogP contribution in [0.5, 0.6) is 0 Å². The first-order valence-corrected chi connectivity index (χ1v) is 4.14. The summed E-state index contributed by atoms with van der Waals surface area (Å²) >= 11 is 0. The molecule has 0 aliphatic heterocycles. The number of benzene rings is 1. The second-order valence-corrected chi connectivity index (χ2v) is 3.21. The van der Waals surface area contributed by atoms with Gasteiger partial charge in [0.25, 0.3) is 0 Å².